The second-order valence-corrected chi connectivity index (χ2v) is 17.5. The van der Waals surface area contributed by atoms with Gasteiger partial charge in [0.1, 0.15) is 0 Å². The van der Waals surface area contributed by atoms with Crippen LogP contribution in [0.25, 0.3) is 128 Å². The monoisotopic (exact) mass is 881 g/mol. The van der Waals surface area contributed by atoms with Gasteiger partial charge in [0, 0.05) is 61.0 Å². The minimum atomic E-state index is 0.514. The number of hydrogen-bond acceptors (Lipinski definition) is 4. The quantitative estimate of drug-likeness (QED) is 0.160. The van der Waals surface area contributed by atoms with Crippen LogP contribution in [0.1, 0.15) is 0 Å². The molecule has 0 atom stereocenters. The molecule has 0 saturated heterocycles. The normalized spacial score (nSPS) is 11.8. The fourth-order valence-electron chi connectivity index (χ4n) is 10.4. The maximum Gasteiger partial charge on any atom is 0.238 e. The maximum absolute atomic E-state index is 5.36. The molecule has 14 rings (SSSR count). The second-order valence-electron chi connectivity index (χ2n) is 17.5. The Morgan fingerprint density at radius 3 is 1.20 bits per heavy atom. The summed E-state index contributed by atoms with van der Waals surface area (Å²) < 4.78 is 6.82. The highest BCUT2D eigenvalue weighted by molar-refractivity contribution is 6.12. The topological polar surface area (TPSA) is 66.3 Å². The molecule has 5 aromatic heterocycles. The molecule has 0 fully saturated rings. The third kappa shape index (κ3) is 6.29. The highest BCUT2D eigenvalue weighted by atomic mass is 15.2. The average molecular weight is 882 g/mol. The van der Waals surface area contributed by atoms with Crippen molar-refractivity contribution in [3.8, 4) is 62.4 Å². The molecule has 5 heterocycles. The number of nitrogens with zero attached hydrogens (tertiary/aromatic N) is 7. The number of aromatic nitrogens is 7. The molecule has 0 amide bonds. The van der Waals surface area contributed by atoms with E-state index >= 15 is 0 Å². The molecule has 0 saturated carbocycles. The Balaban J connectivity index is 0.962. The number of fused-ring (bicyclic) bond motifs is 9. The van der Waals surface area contributed by atoms with Gasteiger partial charge in [0.2, 0.25) is 5.95 Å². The van der Waals surface area contributed by atoms with Gasteiger partial charge < -0.3 is 9.13 Å². The van der Waals surface area contributed by atoms with E-state index in [1.54, 1.807) is 0 Å². The fourth-order valence-corrected chi connectivity index (χ4v) is 10.4. The van der Waals surface area contributed by atoms with E-state index in [-0.39, 0.29) is 0 Å². The van der Waals surface area contributed by atoms with Crippen LogP contribution in [0.15, 0.2) is 237 Å². The van der Waals surface area contributed by atoms with Crippen molar-refractivity contribution >= 4 is 65.4 Å². The summed E-state index contributed by atoms with van der Waals surface area (Å²) in [5.41, 5.74) is 14.9. The zero-order valence-corrected chi connectivity index (χ0v) is 37.1. The van der Waals surface area contributed by atoms with Gasteiger partial charge in [-0.15, -0.1) is 0 Å². The van der Waals surface area contributed by atoms with Crippen molar-refractivity contribution in [2.45, 2.75) is 0 Å². The highest BCUT2D eigenvalue weighted by Crippen LogP contribution is 2.39. The van der Waals surface area contributed by atoms with Crippen LogP contribution in [0.3, 0.4) is 0 Å². The van der Waals surface area contributed by atoms with Crippen LogP contribution in [0.5, 0.6) is 0 Å². The van der Waals surface area contributed by atoms with E-state index in [4.69, 9.17) is 15.0 Å². The summed E-state index contributed by atoms with van der Waals surface area (Å²) >= 11 is 0. The summed E-state index contributed by atoms with van der Waals surface area (Å²) in [6, 6.07) is 79.6. The molecule has 0 N–H and O–H groups in total. The van der Waals surface area contributed by atoms with Crippen LogP contribution in [-0.4, -0.2) is 33.6 Å². The molecular weight excluding hydrogens is 843 g/mol. The SMILES string of the molecule is c1ccc(-c2ccc3c(c2)c2ccccc2n3-c2cccc(-c3nc(-c4cccc(-n5c6ccccc6c6cc(-c7ccccc7)ccc65)c4)nc(-n4c5ccccc5c5ccncc54)n3)c2)cc1. The minimum absolute atomic E-state index is 0.514. The molecule has 0 radical (unpaired) electrons. The van der Waals surface area contributed by atoms with Crippen LogP contribution in [0.4, 0.5) is 0 Å². The minimum Gasteiger partial charge on any atom is -0.309 e. The molecule has 0 aliphatic carbocycles. The van der Waals surface area contributed by atoms with E-state index in [0.717, 1.165) is 66.4 Å². The van der Waals surface area contributed by atoms with E-state index in [9.17, 15) is 0 Å². The predicted octanol–water partition coefficient (Wildman–Crippen LogP) is 15.2. The first-order valence-corrected chi connectivity index (χ1v) is 23.2. The number of hydrogen-bond donors (Lipinski definition) is 0. The first kappa shape index (κ1) is 38.8. The standard InChI is InChI=1S/C62H39N7/c1-3-15-40(16-4-1)42-29-31-57-52(37-42)49-24-8-10-26-54(49)67(57)46-21-13-19-44(35-46)60-64-61(66-62(65-60)69-56-28-12-7-23-48(56)51-33-34-63-39-59(51)69)45-20-14-22-47(36-45)68-55-27-11-9-25-50(55)53-38-43(30-32-58(53)68)41-17-5-2-6-18-41/h1-39H. The van der Waals surface area contributed by atoms with Gasteiger partial charge in [-0.2, -0.15) is 9.97 Å². The van der Waals surface area contributed by atoms with Gasteiger partial charge in [-0.1, -0.05) is 152 Å². The smallest absolute Gasteiger partial charge is 0.238 e. The van der Waals surface area contributed by atoms with Crippen LogP contribution in [0, 0.1) is 0 Å². The number of pyridine rings is 1. The second kappa shape index (κ2) is 15.6. The molecule has 0 aliphatic heterocycles. The molecule has 7 nitrogen and oxygen atoms in total. The molecule has 0 spiro atoms. The van der Waals surface area contributed by atoms with Gasteiger partial charge in [0.05, 0.1) is 39.3 Å². The highest BCUT2D eigenvalue weighted by Gasteiger charge is 2.21. The Bertz CT molecular complexity index is 4040. The molecule has 0 bridgehead atoms. The zero-order valence-electron chi connectivity index (χ0n) is 37.1. The summed E-state index contributed by atoms with van der Waals surface area (Å²) in [5, 5.41) is 6.96. The third-order valence-corrected chi connectivity index (χ3v) is 13.6. The lowest BCUT2D eigenvalue weighted by Gasteiger charge is -2.14. The fraction of sp³-hybridized carbons (Fsp3) is 0. The summed E-state index contributed by atoms with van der Waals surface area (Å²) in [6.45, 7) is 0. The average Bonchev–Trinajstić information content (AvgIpc) is 4.07. The lowest BCUT2D eigenvalue weighted by Crippen LogP contribution is -2.07. The van der Waals surface area contributed by atoms with Crippen molar-refractivity contribution in [3.05, 3.63) is 237 Å². The lowest BCUT2D eigenvalue weighted by atomic mass is 10.0. The van der Waals surface area contributed by atoms with Crippen molar-refractivity contribution in [3.63, 3.8) is 0 Å². The predicted molar refractivity (Wildman–Crippen MR) is 282 cm³/mol. The van der Waals surface area contributed by atoms with Crippen LogP contribution in [0.2, 0.25) is 0 Å². The van der Waals surface area contributed by atoms with Crippen LogP contribution < -0.4 is 0 Å². The van der Waals surface area contributed by atoms with Gasteiger partial charge in [0.15, 0.2) is 11.6 Å². The van der Waals surface area contributed by atoms with Crippen molar-refractivity contribution in [2.75, 3.05) is 0 Å². The van der Waals surface area contributed by atoms with E-state index in [0.29, 0.717) is 17.6 Å². The van der Waals surface area contributed by atoms with Gasteiger partial charge in [-0.25, -0.2) is 4.98 Å². The number of para-hydroxylation sites is 3. The largest absolute Gasteiger partial charge is 0.309 e. The summed E-state index contributed by atoms with van der Waals surface area (Å²) in [6.07, 6.45) is 3.74. The van der Waals surface area contributed by atoms with E-state index in [1.165, 1.54) is 43.8 Å². The number of rotatable bonds is 7. The van der Waals surface area contributed by atoms with Crippen molar-refractivity contribution in [1.29, 1.82) is 0 Å². The summed E-state index contributed by atoms with van der Waals surface area (Å²) in [4.78, 5) is 20.6. The Hall–Kier alpha value is -9.46. The lowest BCUT2D eigenvalue weighted by molar-refractivity contribution is 0.951. The van der Waals surface area contributed by atoms with Crippen LogP contribution in [-0.2, 0) is 0 Å². The Morgan fingerprint density at radius 1 is 0.261 bits per heavy atom. The third-order valence-electron chi connectivity index (χ3n) is 13.6. The first-order chi connectivity index (χ1) is 34.2. The molecule has 9 aromatic carbocycles. The van der Waals surface area contributed by atoms with E-state index in [2.05, 4.69) is 243 Å². The Labute approximate surface area is 396 Å². The Kier molecular flexibility index (Phi) is 8.75. The van der Waals surface area contributed by atoms with Crippen LogP contribution >= 0.6 is 0 Å². The number of benzene rings is 9. The van der Waals surface area contributed by atoms with Crippen molar-refractivity contribution in [2.24, 2.45) is 0 Å². The molecular formula is C62H39N7. The molecule has 0 unspecified atom stereocenters. The molecule has 0 aliphatic rings. The first-order valence-electron chi connectivity index (χ1n) is 23.2. The molecule has 14 aromatic rings. The van der Waals surface area contributed by atoms with Gasteiger partial charge >= 0.3 is 0 Å². The van der Waals surface area contributed by atoms with Gasteiger partial charge in [0.25, 0.3) is 0 Å². The van der Waals surface area contributed by atoms with Crippen molar-refractivity contribution in [1.82, 2.24) is 33.6 Å². The van der Waals surface area contributed by atoms with Gasteiger partial charge in [-0.3, -0.25) is 9.55 Å². The summed E-state index contributed by atoms with van der Waals surface area (Å²) in [7, 11) is 0. The van der Waals surface area contributed by atoms with E-state index < -0.39 is 0 Å². The Morgan fingerprint density at radius 2 is 0.681 bits per heavy atom. The summed E-state index contributed by atoms with van der Waals surface area (Å²) in [5.74, 6) is 1.64. The maximum atomic E-state index is 5.36. The van der Waals surface area contributed by atoms with E-state index in [1.807, 2.05) is 12.4 Å². The molecule has 69 heavy (non-hydrogen) atoms. The van der Waals surface area contributed by atoms with Crippen molar-refractivity contribution < 1.29 is 0 Å². The van der Waals surface area contributed by atoms with Gasteiger partial charge in [-0.05, 0) is 95.1 Å². The molecule has 7 heteroatoms. The molecule has 322 valence electrons. The zero-order chi connectivity index (χ0) is 45.4.